The lowest BCUT2D eigenvalue weighted by molar-refractivity contribution is -0.162. The molecule has 0 unspecified atom stereocenters. The molecule has 0 radical (unpaired) electrons. The Bertz CT molecular complexity index is 1710. The number of phenols is 1. The highest BCUT2D eigenvalue weighted by molar-refractivity contribution is 6.36. The molecule has 1 aliphatic carbocycles. The molecule has 3 aromatic rings. The summed E-state index contributed by atoms with van der Waals surface area (Å²) in [4.78, 5) is 62.4. The van der Waals surface area contributed by atoms with E-state index in [9.17, 15) is 24.3 Å². The van der Waals surface area contributed by atoms with Crippen LogP contribution in [0.5, 0.6) is 5.75 Å². The fourth-order valence-corrected chi connectivity index (χ4v) is 9.09. The van der Waals surface area contributed by atoms with Crippen molar-refractivity contribution in [3.63, 3.8) is 0 Å². The molecule has 0 aromatic heterocycles. The molecule has 280 valence electrons. The topological polar surface area (TPSA) is 114 Å². The van der Waals surface area contributed by atoms with E-state index in [1.807, 2.05) is 58.3 Å². The number of hydrogen-bond acceptors (Lipinski definition) is 6. The lowest BCUT2D eigenvalue weighted by Gasteiger charge is -2.46. The van der Waals surface area contributed by atoms with Gasteiger partial charge in [-0.2, -0.15) is 0 Å². The molecule has 3 saturated heterocycles. The van der Waals surface area contributed by atoms with E-state index in [0.29, 0.717) is 57.9 Å². The number of nitrogens with one attached hydrogen (secondary N) is 1. The first kappa shape index (κ1) is 36.6. The monoisotopic (exact) mass is 719 g/mol. The molecule has 4 atom stereocenters. The number of carbonyl (C=O) groups is 4. The molecule has 4 aliphatic rings. The summed E-state index contributed by atoms with van der Waals surface area (Å²) in [6, 6.07) is 26.9. The van der Waals surface area contributed by atoms with Gasteiger partial charge in [0, 0.05) is 44.8 Å². The number of rotatable bonds is 13. The Kier molecular flexibility index (Phi) is 11.7. The molecule has 1 saturated carbocycles. The summed E-state index contributed by atoms with van der Waals surface area (Å²) in [5.74, 6) is -1.31. The normalized spacial score (nSPS) is 23.8. The maximum atomic E-state index is 14.3. The first-order valence-corrected chi connectivity index (χ1v) is 19.6. The van der Waals surface area contributed by atoms with E-state index < -0.39 is 17.7 Å². The van der Waals surface area contributed by atoms with Crippen LogP contribution in [-0.2, 0) is 38.4 Å². The Morgan fingerprint density at radius 2 is 1.28 bits per heavy atom. The highest BCUT2D eigenvalue weighted by atomic mass is 16.3. The first-order valence-electron chi connectivity index (χ1n) is 19.6. The van der Waals surface area contributed by atoms with Gasteiger partial charge < -0.3 is 25.1 Å². The van der Waals surface area contributed by atoms with Crippen molar-refractivity contribution >= 4 is 23.6 Å². The fourth-order valence-electron chi connectivity index (χ4n) is 9.09. The van der Waals surface area contributed by atoms with Crippen LogP contribution in [0.3, 0.4) is 0 Å². The van der Waals surface area contributed by atoms with Crippen LogP contribution in [0.15, 0.2) is 84.9 Å². The lowest BCUT2D eigenvalue weighted by atomic mass is 9.87. The summed E-state index contributed by atoms with van der Waals surface area (Å²) in [5.41, 5.74) is 3.24. The van der Waals surface area contributed by atoms with Crippen LogP contribution in [0, 0.1) is 5.92 Å². The van der Waals surface area contributed by atoms with Gasteiger partial charge in [0.2, 0.25) is 0 Å². The van der Waals surface area contributed by atoms with Gasteiger partial charge in [-0.05, 0) is 86.2 Å². The van der Waals surface area contributed by atoms with Crippen LogP contribution < -0.4 is 5.32 Å². The van der Waals surface area contributed by atoms with E-state index in [4.69, 9.17) is 0 Å². The summed E-state index contributed by atoms with van der Waals surface area (Å²) >= 11 is 0. The van der Waals surface area contributed by atoms with E-state index in [1.54, 1.807) is 17.0 Å². The summed E-state index contributed by atoms with van der Waals surface area (Å²) in [6.07, 6.45) is 9.46. The van der Waals surface area contributed by atoms with Gasteiger partial charge in [-0.1, -0.05) is 92.1 Å². The third kappa shape index (κ3) is 8.92. The maximum Gasteiger partial charge on any atom is 0.312 e. The van der Waals surface area contributed by atoms with Gasteiger partial charge in [0.1, 0.15) is 5.75 Å². The zero-order valence-electron chi connectivity index (χ0n) is 30.7. The fraction of sp³-hybridized carbons (Fsp3) is 0.488. The van der Waals surface area contributed by atoms with Crippen LogP contribution >= 0.6 is 0 Å². The highest BCUT2D eigenvalue weighted by Gasteiger charge is 2.44. The maximum absolute atomic E-state index is 14.3. The van der Waals surface area contributed by atoms with Gasteiger partial charge in [-0.3, -0.25) is 24.1 Å². The third-order valence-electron chi connectivity index (χ3n) is 12.0. The van der Waals surface area contributed by atoms with Crippen LogP contribution in [0.4, 0.5) is 0 Å². The zero-order valence-corrected chi connectivity index (χ0v) is 30.7. The largest absolute Gasteiger partial charge is 0.508 e. The first-order chi connectivity index (χ1) is 25.8. The molecule has 4 fully saturated rings. The van der Waals surface area contributed by atoms with Crippen molar-refractivity contribution in [3.8, 4) is 5.75 Å². The Morgan fingerprint density at radius 1 is 0.642 bits per heavy atom. The van der Waals surface area contributed by atoms with Crippen molar-refractivity contribution in [2.45, 2.75) is 88.4 Å². The Hall–Kier alpha value is -4.70. The van der Waals surface area contributed by atoms with Crippen LogP contribution in [0.2, 0.25) is 0 Å². The summed E-state index contributed by atoms with van der Waals surface area (Å²) in [6.45, 7) is 3.25. The molecular formula is C43H53N5O5. The number of aromatic hydroxyl groups is 1. The highest BCUT2D eigenvalue weighted by Crippen LogP contribution is 2.30. The summed E-state index contributed by atoms with van der Waals surface area (Å²) in [7, 11) is 0. The van der Waals surface area contributed by atoms with Gasteiger partial charge in [0.15, 0.2) is 0 Å². The molecule has 4 amide bonds. The van der Waals surface area contributed by atoms with Crippen LogP contribution in [0.25, 0.3) is 0 Å². The van der Waals surface area contributed by atoms with E-state index >= 15 is 0 Å². The predicted molar refractivity (Wildman–Crippen MR) is 203 cm³/mol. The minimum atomic E-state index is -0.585. The van der Waals surface area contributed by atoms with E-state index in [0.717, 1.165) is 48.9 Å². The quantitative estimate of drug-likeness (QED) is 0.256. The number of benzene rings is 3. The second-order valence-corrected chi connectivity index (χ2v) is 15.6. The molecule has 53 heavy (non-hydrogen) atoms. The molecule has 10 nitrogen and oxygen atoms in total. The number of amides is 4. The average molecular weight is 720 g/mol. The minimum Gasteiger partial charge on any atom is -0.508 e. The Balaban J connectivity index is 1.13. The standard InChI is InChI=1S/C43H53N5O5/c49-39-20-18-33(19-21-39)23-36-26-44-40(50)41(51)47(36)29-35-17-10-22-45(35)28-37(24-31-11-4-1-5-12-31)48-30-38(25-32-13-6-2-7-14-32)46(42(52)43(48)53)27-34-15-8-3-9-16-34/h1-2,4-7,11-14,18-21,34-38,49H,3,8-10,15-17,22-30H2,(H,44,50)/t35-,36-,37-,38-/m0/s1. The zero-order chi connectivity index (χ0) is 36.7. The summed E-state index contributed by atoms with van der Waals surface area (Å²) in [5, 5.41) is 12.6. The molecule has 2 N–H and O–H groups in total. The van der Waals surface area contributed by atoms with Gasteiger partial charge >= 0.3 is 23.6 Å². The Labute approximate surface area is 313 Å². The SMILES string of the molecule is O=C1NC[C@H](Cc2ccc(O)cc2)N(C[C@@H]2CCCN2C[C@H](Cc2ccccc2)N2C[C@H](Cc3ccccc3)N(CC3CCCCC3)C(=O)C2=O)C1=O. The molecule has 0 spiro atoms. The van der Waals surface area contributed by atoms with Crippen molar-refractivity contribution in [1.29, 1.82) is 0 Å². The second-order valence-electron chi connectivity index (χ2n) is 15.6. The number of piperazine rings is 2. The van der Waals surface area contributed by atoms with Gasteiger partial charge in [0.05, 0.1) is 12.1 Å². The lowest BCUT2D eigenvalue weighted by Crippen LogP contribution is -2.65. The molecule has 7 rings (SSSR count). The van der Waals surface area contributed by atoms with E-state index in [-0.39, 0.29) is 35.8 Å². The van der Waals surface area contributed by atoms with Crippen molar-refractivity contribution in [2.75, 3.05) is 39.3 Å². The molecule has 3 aliphatic heterocycles. The number of likely N-dealkylation sites (tertiary alicyclic amines) is 1. The minimum absolute atomic E-state index is 0.00366. The second kappa shape index (κ2) is 17.0. The van der Waals surface area contributed by atoms with Gasteiger partial charge in [-0.25, -0.2) is 0 Å². The Morgan fingerprint density at radius 3 is 2.00 bits per heavy atom. The third-order valence-corrected chi connectivity index (χ3v) is 12.0. The van der Waals surface area contributed by atoms with Crippen LogP contribution in [0.1, 0.15) is 61.6 Å². The van der Waals surface area contributed by atoms with Gasteiger partial charge in [-0.15, -0.1) is 0 Å². The van der Waals surface area contributed by atoms with Crippen LogP contribution in [-0.4, -0.2) is 112 Å². The van der Waals surface area contributed by atoms with Crippen molar-refractivity contribution in [2.24, 2.45) is 5.92 Å². The average Bonchev–Trinajstić information content (AvgIpc) is 3.62. The number of carbonyl (C=O) groups excluding carboxylic acids is 4. The van der Waals surface area contributed by atoms with Crippen molar-refractivity contribution in [1.82, 2.24) is 24.9 Å². The molecule has 3 heterocycles. The number of hydrogen-bond donors (Lipinski definition) is 2. The molecular weight excluding hydrogens is 667 g/mol. The molecule has 10 heteroatoms. The molecule has 3 aromatic carbocycles. The summed E-state index contributed by atoms with van der Waals surface area (Å²) < 4.78 is 0. The van der Waals surface area contributed by atoms with E-state index in [2.05, 4.69) is 34.5 Å². The smallest absolute Gasteiger partial charge is 0.312 e. The van der Waals surface area contributed by atoms with E-state index in [1.165, 1.54) is 19.3 Å². The van der Waals surface area contributed by atoms with Gasteiger partial charge in [0.25, 0.3) is 0 Å². The van der Waals surface area contributed by atoms with Crippen molar-refractivity contribution in [3.05, 3.63) is 102 Å². The molecule has 0 bridgehead atoms. The van der Waals surface area contributed by atoms with Crippen molar-refractivity contribution < 1.29 is 24.3 Å². The predicted octanol–water partition coefficient (Wildman–Crippen LogP) is 4.20. The number of nitrogens with zero attached hydrogens (tertiary/aromatic N) is 4. The number of phenolic OH excluding ortho intramolecular Hbond substituents is 1.